The van der Waals surface area contributed by atoms with Gasteiger partial charge in [-0.2, -0.15) is 8.78 Å². The number of hydrogen-bond acceptors (Lipinski definition) is 3. The third-order valence-electron chi connectivity index (χ3n) is 4.61. The van der Waals surface area contributed by atoms with E-state index in [0.29, 0.717) is 22.0 Å². The lowest BCUT2D eigenvalue weighted by atomic mass is 10.1. The van der Waals surface area contributed by atoms with Crippen LogP contribution >= 0.6 is 23.2 Å². The zero-order valence-electron chi connectivity index (χ0n) is 16.5. The maximum absolute atomic E-state index is 13.0. The van der Waals surface area contributed by atoms with E-state index >= 15 is 0 Å². The Morgan fingerprint density at radius 2 is 1.70 bits per heavy atom. The third-order valence-corrected chi connectivity index (χ3v) is 5.41. The molecule has 0 fully saturated rings. The van der Waals surface area contributed by atoms with Gasteiger partial charge >= 0.3 is 6.61 Å². The Hall–Kier alpha value is -2.57. The molecular formula is C22H19Cl2F2NO3. The van der Waals surface area contributed by atoms with Crippen LogP contribution < -0.4 is 9.47 Å². The number of carbonyl (C=O) groups excluding carboxylic acids is 1. The molecule has 3 aromatic rings. The molecule has 8 heteroatoms. The molecule has 0 spiro atoms. The van der Waals surface area contributed by atoms with Crippen molar-refractivity contribution in [3.8, 4) is 17.2 Å². The number of ether oxygens (including phenoxy) is 2. The van der Waals surface area contributed by atoms with Crippen LogP contribution in [0, 0.1) is 13.8 Å². The number of Topliss-reactive ketones (excluding diaryl/α,β-unsaturated/α-hetero) is 1. The zero-order valence-corrected chi connectivity index (χ0v) is 18.0. The highest BCUT2D eigenvalue weighted by molar-refractivity contribution is 6.42. The summed E-state index contributed by atoms with van der Waals surface area (Å²) in [6.45, 7) is 2.42. The summed E-state index contributed by atoms with van der Waals surface area (Å²) in [4.78, 5) is 13.0. The topological polar surface area (TPSA) is 40.5 Å². The minimum absolute atomic E-state index is 0.0629. The second-order valence-corrected chi connectivity index (χ2v) is 7.45. The second-order valence-electron chi connectivity index (χ2n) is 6.67. The number of alkyl halides is 2. The van der Waals surface area contributed by atoms with Gasteiger partial charge < -0.3 is 14.0 Å². The quantitative estimate of drug-likeness (QED) is 0.375. The van der Waals surface area contributed by atoms with Crippen LogP contribution in [0.25, 0.3) is 5.69 Å². The average Bonchev–Trinajstić information content (AvgIpc) is 2.99. The summed E-state index contributed by atoms with van der Waals surface area (Å²) in [6.07, 6.45) is -0.795. The summed E-state index contributed by atoms with van der Waals surface area (Å²) in [6, 6.07) is 12.9. The fraction of sp³-hybridized carbons (Fsp3) is 0.227. The molecule has 3 rings (SSSR count). The van der Waals surface area contributed by atoms with Gasteiger partial charge in [0, 0.05) is 22.6 Å². The van der Waals surface area contributed by atoms with Crippen LogP contribution in [0.3, 0.4) is 0 Å². The number of halogens is 4. The molecule has 4 nitrogen and oxygen atoms in total. The van der Waals surface area contributed by atoms with E-state index in [1.807, 2.05) is 18.4 Å². The molecule has 0 radical (unpaired) electrons. The standard InChI is InChI=1S/C22H19Cl2F2NO3/c1-12-11-17(21(28)14(3)29-19-6-4-5-18(23)20(19)24)13(2)27(12)15-7-9-16(10-8-15)30-22(25)26/h4-11,14,22H,1-3H3. The summed E-state index contributed by atoms with van der Waals surface area (Å²) in [5.74, 6) is 0.171. The van der Waals surface area contributed by atoms with E-state index in [4.69, 9.17) is 27.9 Å². The predicted octanol–water partition coefficient (Wildman–Crippen LogP) is 6.65. The normalized spacial score (nSPS) is 12.1. The molecule has 2 aromatic carbocycles. The Morgan fingerprint density at radius 3 is 2.33 bits per heavy atom. The number of carbonyl (C=O) groups is 1. The molecule has 0 bridgehead atoms. The van der Waals surface area contributed by atoms with E-state index in [0.717, 1.165) is 11.4 Å². The van der Waals surface area contributed by atoms with Crippen molar-refractivity contribution in [3.63, 3.8) is 0 Å². The number of hydrogen-bond donors (Lipinski definition) is 0. The molecule has 1 unspecified atom stereocenters. The van der Waals surface area contributed by atoms with Crippen molar-refractivity contribution in [1.29, 1.82) is 0 Å². The first kappa shape index (κ1) is 22.1. The van der Waals surface area contributed by atoms with Crippen LogP contribution in [0.5, 0.6) is 11.5 Å². The van der Waals surface area contributed by atoms with Crippen molar-refractivity contribution < 1.29 is 23.0 Å². The van der Waals surface area contributed by atoms with Crippen molar-refractivity contribution in [2.75, 3.05) is 0 Å². The summed E-state index contributed by atoms with van der Waals surface area (Å²) in [5, 5.41) is 0.585. The van der Waals surface area contributed by atoms with Gasteiger partial charge in [0.15, 0.2) is 6.10 Å². The Balaban J connectivity index is 1.85. The van der Waals surface area contributed by atoms with Gasteiger partial charge in [-0.15, -0.1) is 0 Å². The first-order valence-electron chi connectivity index (χ1n) is 9.08. The van der Waals surface area contributed by atoms with E-state index in [-0.39, 0.29) is 16.6 Å². The minimum atomic E-state index is -2.88. The van der Waals surface area contributed by atoms with Crippen LogP contribution in [-0.4, -0.2) is 23.1 Å². The number of rotatable bonds is 7. The molecule has 158 valence electrons. The van der Waals surface area contributed by atoms with Gasteiger partial charge in [0.1, 0.15) is 16.5 Å². The van der Waals surface area contributed by atoms with Gasteiger partial charge in [-0.25, -0.2) is 0 Å². The number of aryl methyl sites for hydroxylation is 1. The fourth-order valence-electron chi connectivity index (χ4n) is 3.22. The van der Waals surface area contributed by atoms with Gasteiger partial charge in [0.25, 0.3) is 0 Å². The first-order valence-corrected chi connectivity index (χ1v) is 9.83. The Morgan fingerprint density at radius 1 is 1.03 bits per heavy atom. The zero-order chi connectivity index (χ0) is 22.0. The number of aromatic nitrogens is 1. The molecule has 0 aliphatic heterocycles. The van der Waals surface area contributed by atoms with Crippen LogP contribution in [-0.2, 0) is 0 Å². The van der Waals surface area contributed by atoms with Gasteiger partial charge in [0.2, 0.25) is 5.78 Å². The molecule has 1 heterocycles. The van der Waals surface area contributed by atoms with Crippen molar-refractivity contribution >= 4 is 29.0 Å². The number of benzene rings is 2. The lowest BCUT2D eigenvalue weighted by Crippen LogP contribution is -2.24. The van der Waals surface area contributed by atoms with Crippen LogP contribution in [0.2, 0.25) is 10.0 Å². The summed E-state index contributed by atoms with van der Waals surface area (Å²) >= 11 is 12.1. The molecule has 0 N–H and O–H groups in total. The Labute approximate surface area is 182 Å². The van der Waals surface area contributed by atoms with Crippen LogP contribution in [0.15, 0.2) is 48.5 Å². The first-order chi connectivity index (χ1) is 14.2. The third kappa shape index (κ3) is 4.60. The molecule has 0 saturated heterocycles. The molecule has 0 aliphatic rings. The van der Waals surface area contributed by atoms with Gasteiger partial charge in [-0.3, -0.25) is 4.79 Å². The van der Waals surface area contributed by atoms with Crippen molar-refractivity contribution in [3.05, 3.63) is 75.5 Å². The molecule has 0 aliphatic carbocycles. The van der Waals surface area contributed by atoms with Crippen molar-refractivity contribution in [2.24, 2.45) is 0 Å². The highest BCUT2D eigenvalue weighted by atomic mass is 35.5. The van der Waals surface area contributed by atoms with E-state index < -0.39 is 12.7 Å². The second kappa shape index (κ2) is 9.06. The molecule has 1 atom stereocenters. The number of nitrogens with zero attached hydrogens (tertiary/aromatic N) is 1. The summed E-state index contributed by atoms with van der Waals surface area (Å²) in [5.41, 5.74) is 2.72. The average molecular weight is 454 g/mol. The molecule has 1 aromatic heterocycles. The highest BCUT2D eigenvalue weighted by Gasteiger charge is 2.24. The van der Waals surface area contributed by atoms with E-state index in [1.165, 1.54) is 12.1 Å². The van der Waals surface area contributed by atoms with Crippen LogP contribution in [0.1, 0.15) is 28.7 Å². The molecular weight excluding hydrogens is 435 g/mol. The van der Waals surface area contributed by atoms with E-state index in [1.54, 1.807) is 43.3 Å². The predicted molar refractivity (Wildman–Crippen MR) is 113 cm³/mol. The van der Waals surface area contributed by atoms with Crippen molar-refractivity contribution in [1.82, 2.24) is 4.57 Å². The summed E-state index contributed by atoms with van der Waals surface area (Å²) in [7, 11) is 0. The van der Waals surface area contributed by atoms with Crippen LogP contribution in [0.4, 0.5) is 8.78 Å². The van der Waals surface area contributed by atoms with Gasteiger partial charge in [-0.1, -0.05) is 29.3 Å². The lowest BCUT2D eigenvalue weighted by molar-refractivity contribution is -0.0498. The molecule has 0 saturated carbocycles. The Kier molecular flexibility index (Phi) is 6.68. The fourth-order valence-corrected chi connectivity index (χ4v) is 3.56. The van der Waals surface area contributed by atoms with E-state index in [9.17, 15) is 13.6 Å². The molecule has 0 amide bonds. The monoisotopic (exact) mass is 453 g/mol. The van der Waals surface area contributed by atoms with Gasteiger partial charge in [-0.05, 0) is 63.2 Å². The maximum atomic E-state index is 13.0. The smallest absolute Gasteiger partial charge is 0.387 e. The summed E-state index contributed by atoms with van der Waals surface area (Å²) < 4.78 is 36.7. The van der Waals surface area contributed by atoms with E-state index in [2.05, 4.69) is 4.74 Å². The largest absolute Gasteiger partial charge is 0.481 e. The van der Waals surface area contributed by atoms with Gasteiger partial charge in [0.05, 0.1) is 5.02 Å². The highest BCUT2D eigenvalue weighted by Crippen LogP contribution is 2.33. The maximum Gasteiger partial charge on any atom is 0.387 e. The van der Waals surface area contributed by atoms with Crippen molar-refractivity contribution in [2.45, 2.75) is 33.5 Å². The molecule has 30 heavy (non-hydrogen) atoms. The SMILES string of the molecule is Cc1cc(C(=O)C(C)Oc2cccc(Cl)c2Cl)c(C)n1-c1ccc(OC(F)F)cc1. The number of ketones is 1. The lowest BCUT2D eigenvalue weighted by Gasteiger charge is -2.16. The minimum Gasteiger partial charge on any atom is -0.481 e. The Bertz CT molecular complexity index is 1060.